The van der Waals surface area contributed by atoms with Crippen molar-refractivity contribution in [2.45, 2.75) is 13.0 Å². The highest BCUT2D eigenvalue weighted by Crippen LogP contribution is 2.65. The lowest BCUT2D eigenvalue weighted by Gasteiger charge is -2.37. The average molecular weight is 556 g/mol. The third-order valence-electron chi connectivity index (χ3n) is 7.23. The number of halogens is 2. The first kappa shape index (κ1) is 20.4. The molecule has 4 aliphatic carbocycles. The first-order chi connectivity index (χ1) is 15.5. The van der Waals surface area contributed by atoms with E-state index in [0.717, 1.165) is 31.5 Å². The van der Waals surface area contributed by atoms with E-state index in [0.29, 0.717) is 24.2 Å². The Kier molecular flexibility index (Phi) is 4.88. The molecule has 6 atom stereocenters. The van der Waals surface area contributed by atoms with Crippen LogP contribution < -0.4 is 4.74 Å². The van der Waals surface area contributed by atoms with Crippen molar-refractivity contribution in [1.82, 2.24) is 5.01 Å². The van der Waals surface area contributed by atoms with Crippen LogP contribution in [0.15, 0.2) is 68.7 Å². The predicted octanol–water partition coefficient (Wildman–Crippen LogP) is 5.18. The topological polar surface area (TPSA) is 59.0 Å². The largest absolute Gasteiger partial charge is 0.488 e. The quantitative estimate of drug-likeness (QED) is 0.290. The van der Waals surface area contributed by atoms with Crippen molar-refractivity contribution in [1.29, 1.82) is 0 Å². The van der Waals surface area contributed by atoms with Crippen LogP contribution in [0.3, 0.4) is 0 Å². The van der Waals surface area contributed by atoms with Gasteiger partial charge in [-0.15, -0.1) is 0 Å². The number of ether oxygens (including phenoxy) is 1. The van der Waals surface area contributed by atoms with E-state index < -0.39 is 0 Å². The highest BCUT2D eigenvalue weighted by Gasteiger charge is 2.67. The number of allylic oxidation sites excluding steroid dienone is 2. The Balaban J connectivity index is 1.15. The first-order valence-corrected chi connectivity index (χ1v) is 12.4. The van der Waals surface area contributed by atoms with Gasteiger partial charge in [-0.2, -0.15) is 10.1 Å². The Bertz CT molecular complexity index is 1140. The number of rotatable bonds is 5. The molecule has 1 aliphatic heterocycles. The number of nitrogens with zero attached hydrogens (tertiary/aromatic N) is 2. The molecule has 0 N–H and O–H groups in total. The van der Waals surface area contributed by atoms with Gasteiger partial charge in [-0.3, -0.25) is 9.59 Å². The van der Waals surface area contributed by atoms with E-state index >= 15 is 0 Å². The molecule has 0 unspecified atom stereocenters. The van der Waals surface area contributed by atoms with E-state index in [9.17, 15) is 9.59 Å². The van der Waals surface area contributed by atoms with Crippen LogP contribution in [0.2, 0.25) is 0 Å². The van der Waals surface area contributed by atoms with Crippen LogP contribution in [0.25, 0.3) is 0 Å². The minimum absolute atomic E-state index is 0.144. The molecular weight excluding hydrogens is 536 g/mol. The third kappa shape index (κ3) is 3.28. The fourth-order valence-corrected chi connectivity index (χ4v) is 6.41. The number of hydrogen-bond acceptors (Lipinski definition) is 4. The summed E-state index contributed by atoms with van der Waals surface area (Å²) in [5.41, 5.74) is 1.85. The number of hydrazone groups is 1. The van der Waals surface area contributed by atoms with Crippen molar-refractivity contribution >= 4 is 49.9 Å². The maximum absolute atomic E-state index is 13.0. The molecule has 2 saturated carbocycles. The molecule has 2 bridgehead atoms. The van der Waals surface area contributed by atoms with E-state index in [1.807, 2.05) is 42.5 Å². The van der Waals surface area contributed by atoms with Crippen molar-refractivity contribution < 1.29 is 14.3 Å². The molecular formula is C25H20Br2N2O3. The Morgan fingerprint density at radius 3 is 2.25 bits per heavy atom. The van der Waals surface area contributed by atoms with Gasteiger partial charge in [0.25, 0.3) is 11.8 Å². The van der Waals surface area contributed by atoms with Crippen molar-refractivity contribution in [3.63, 3.8) is 0 Å². The Hall–Kier alpha value is -2.25. The van der Waals surface area contributed by atoms with Crippen LogP contribution in [0.1, 0.15) is 17.5 Å². The van der Waals surface area contributed by atoms with E-state index in [-0.39, 0.29) is 35.5 Å². The second kappa shape index (κ2) is 7.66. The van der Waals surface area contributed by atoms with Gasteiger partial charge >= 0.3 is 0 Å². The Labute approximate surface area is 202 Å². The summed E-state index contributed by atoms with van der Waals surface area (Å²) < 4.78 is 7.72. The van der Waals surface area contributed by atoms with Crippen molar-refractivity contribution in [3.05, 3.63) is 74.7 Å². The monoisotopic (exact) mass is 554 g/mol. The smallest absolute Gasteiger partial charge is 0.254 e. The molecule has 5 aliphatic rings. The molecule has 32 heavy (non-hydrogen) atoms. The van der Waals surface area contributed by atoms with Gasteiger partial charge in [-0.25, -0.2) is 0 Å². The summed E-state index contributed by atoms with van der Waals surface area (Å²) in [6.45, 7) is 0.456. The molecule has 2 amide bonds. The number of carbonyl (C=O) groups excluding carboxylic acids is 2. The molecule has 1 saturated heterocycles. The van der Waals surface area contributed by atoms with Gasteiger partial charge in [0.2, 0.25) is 0 Å². The summed E-state index contributed by atoms with van der Waals surface area (Å²) in [5.74, 6) is 1.58. The normalized spacial score (nSPS) is 31.9. The summed E-state index contributed by atoms with van der Waals surface area (Å²) in [5, 5.41) is 5.41. The molecule has 162 valence electrons. The van der Waals surface area contributed by atoms with Crippen LogP contribution in [0.5, 0.6) is 5.75 Å². The minimum atomic E-state index is -0.223. The van der Waals surface area contributed by atoms with E-state index in [4.69, 9.17) is 4.74 Å². The van der Waals surface area contributed by atoms with Crippen LogP contribution in [0.4, 0.5) is 0 Å². The standard InChI is InChI=1S/C25H20Br2N2O3/c26-15-4-1-13(2-5-15)12-32-21-8-3-14(9-20(21)27)11-28-29-24(30)22-16-6-7-17(19-10-18(16)19)23(22)25(29)31/h1-9,11,16-19,22-23H,10,12H2/t16-,17-,18-,19+,22-,23+/m0/s1. The summed E-state index contributed by atoms with van der Waals surface area (Å²) in [4.78, 5) is 26.0. The van der Waals surface area contributed by atoms with Gasteiger partial charge in [0.1, 0.15) is 12.4 Å². The van der Waals surface area contributed by atoms with Crippen molar-refractivity contribution in [2.24, 2.45) is 40.6 Å². The van der Waals surface area contributed by atoms with Crippen LogP contribution >= 0.6 is 31.9 Å². The van der Waals surface area contributed by atoms with Gasteiger partial charge < -0.3 is 4.74 Å². The Morgan fingerprint density at radius 1 is 0.969 bits per heavy atom. The molecule has 0 spiro atoms. The number of benzene rings is 2. The number of carbonyl (C=O) groups is 2. The number of amides is 2. The van der Waals surface area contributed by atoms with Crippen LogP contribution in [-0.2, 0) is 16.2 Å². The number of imide groups is 1. The minimum Gasteiger partial charge on any atom is -0.488 e. The first-order valence-electron chi connectivity index (χ1n) is 10.8. The average Bonchev–Trinajstić information content (AvgIpc) is 3.57. The highest BCUT2D eigenvalue weighted by molar-refractivity contribution is 9.10. The van der Waals surface area contributed by atoms with E-state index in [1.54, 1.807) is 6.21 Å². The predicted molar refractivity (Wildman–Crippen MR) is 127 cm³/mol. The third-order valence-corrected chi connectivity index (χ3v) is 8.37. The molecule has 0 radical (unpaired) electrons. The zero-order valence-corrected chi connectivity index (χ0v) is 20.2. The zero-order chi connectivity index (χ0) is 22.0. The molecule has 7 rings (SSSR count). The zero-order valence-electron chi connectivity index (χ0n) is 17.0. The summed E-state index contributed by atoms with van der Waals surface area (Å²) in [6, 6.07) is 13.6. The molecule has 2 aromatic rings. The maximum atomic E-state index is 13.0. The molecule has 1 heterocycles. The van der Waals surface area contributed by atoms with Gasteiger partial charge in [0.15, 0.2) is 0 Å². The Morgan fingerprint density at radius 2 is 1.62 bits per heavy atom. The van der Waals surface area contributed by atoms with Crippen LogP contribution in [-0.4, -0.2) is 23.0 Å². The second-order valence-corrected chi connectivity index (χ2v) is 10.8. The molecule has 3 fully saturated rings. The molecule has 0 aromatic heterocycles. The molecule has 7 heteroatoms. The van der Waals surface area contributed by atoms with Crippen molar-refractivity contribution in [3.8, 4) is 5.75 Å². The number of hydrogen-bond donors (Lipinski definition) is 0. The van der Waals surface area contributed by atoms with E-state index in [1.165, 1.54) is 0 Å². The fourth-order valence-electron chi connectivity index (χ4n) is 5.64. The maximum Gasteiger partial charge on any atom is 0.254 e. The summed E-state index contributed by atoms with van der Waals surface area (Å²) in [6.07, 6.45) is 7.07. The lowest BCUT2D eigenvalue weighted by Crippen LogP contribution is -2.40. The highest BCUT2D eigenvalue weighted by atomic mass is 79.9. The fraction of sp³-hybridized carbons (Fsp3) is 0.320. The lowest BCUT2D eigenvalue weighted by molar-refractivity contribution is -0.140. The van der Waals surface area contributed by atoms with Crippen molar-refractivity contribution in [2.75, 3.05) is 0 Å². The van der Waals surface area contributed by atoms with Gasteiger partial charge in [0, 0.05) is 4.47 Å². The SMILES string of the molecule is O=C1[C@@H]2[C@H]3C=C[C@@H]([C@@H]4C[C@H]34)[C@@H]2C(=O)N1N=Cc1ccc(OCc2ccc(Br)cc2)c(Br)c1. The van der Waals surface area contributed by atoms with Crippen LogP contribution in [0, 0.1) is 35.5 Å². The molecule has 5 nitrogen and oxygen atoms in total. The lowest BCUT2D eigenvalue weighted by atomic mass is 9.63. The van der Waals surface area contributed by atoms with Gasteiger partial charge in [0.05, 0.1) is 22.5 Å². The summed E-state index contributed by atoms with van der Waals surface area (Å²) >= 11 is 6.97. The van der Waals surface area contributed by atoms with Gasteiger partial charge in [-0.05, 0) is 87.5 Å². The second-order valence-electron chi connectivity index (χ2n) is 8.99. The van der Waals surface area contributed by atoms with E-state index in [2.05, 4.69) is 49.1 Å². The molecule has 2 aromatic carbocycles. The van der Waals surface area contributed by atoms with Gasteiger partial charge in [-0.1, -0.05) is 40.2 Å². The summed E-state index contributed by atoms with van der Waals surface area (Å²) in [7, 11) is 0.